The molecular formula is C23H27BrFNO. The third-order valence-corrected chi connectivity index (χ3v) is 6.55. The molecule has 2 nitrogen and oxygen atoms in total. The van der Waals surface area contributed by atoms with Gasteiger partial charge in [0.1, 0.15) is 6.61 Å². The van der Waals surface area contributed by atoms with Gasteiger partial charge in [-0.15, -0.1) is 0 Å². The van der Waals surface area contributed by atoms with Crippen LogP contribution in [0.4, 0.5) is 4.39 Å². The molecule has 4 heteroatoms. The third kappa shape index (κ3) is 5.11. The van der Waals surface area contributed by atoms with Crippen molar-refractivity contribution in [1.82, 2.24) is 4.90 Å². The van der Waals surface area contributed by atoms with Crippen LogP contribution in [0.15, 0.2) is 53.0 Å². The maximum atomic E-state index is 13.8. The molecule has 0 aromatic heterocycles. The minimum atomic E-state index is -0.305. The van der Waals surface area contributed by atoms with Crippen molar-refractivity contribution in [2.45, 2.75) is 31.6 Å². The van der Waals surface area contributed by atoms with Crippen LogP contribution in [0.2, 0.25) is 0 Å². The molecule has 1 aliphatic heterocycles. The molecule has 0 spiro atoms. The van der Waals surface area contributed by atoms with Gasteiger partial charge < -0.3 is 4.74 Å². The SMILES string of the molecule is Fc1cc(Br)ccc1OCCN1CCC(C[C@@H]2C[C@H]2c2ccccc2)CC1. The summed E-state index contributed by atoms with van der Waals surface area (Å²) >= 11 is 3.27. The lowest BCUT2D eigenvalue weighted by Gasteiger charge is -2.32. The molecule has 4 rings (SSSR count). The molecule has 0 N–H and O–H groups in total. The first-order valence-electron chi connectivity index (χ1n) is 10.0. The lowest BCUT2D eigenvalue weighted by Crippen LogP contribution is -2.36. The minimum Gasteiger partial charge on any atom is -0.489 e. The van der Waals surface area contributed by atoms with Gasteiger partial charge in [-0.1, -0.05) is 46.3 Å². The van der Waals surface area contributed by atoms with E-state index in [-0.39, 0.29) is 5.82 Å². The number of ether oxygens (including phenoxy) is 1. The summed E-state index contributed by atoms with van der Waals surface area (Å²) in [7, 11) is 0. The molecule has 2 aromatic carbocycles. The molecule has 1 saturated carbocycles. The van der Waals surface area contributed by atoms with Gasteiger partial charge in [0, 0.05) is 11.0 Å². The second kappa shape index (κ2) is 8.74. The molecule has 0 amide bonds. The van der Waals surface area contributed by atoms with Gasteiger partial charge >= 0.3 is 0 Å². The molecule has 2 fully saturated rings. The molecule has 1 heterocycles. The highest BCUT2D eigenvalue weighted by molar-refractivity contribution is 9.10. The molecule has 1 aliphatic carbocycles. The van der Waals surface area contributed by atoms with Crippen molar-refractivity contribution in [3.8, 4) is 5.75 Å². The largest absolute Gasteiger partial charge is 0.489 e. The van der Waals surface area contributed by atoms with Crippen molar-refractivity contribution < 1.29 is 9.13 Å². The predicted octanol–water partition coefficient (Wildman–Crippen LogP) is 5.87. The molecule has 27 heavy (non-hydrogen) atoms. The Bertz CT molecular complexity index is 745. The summed E-state index contributed by atoms with van der Waals surface area (Å²) in [5.74, 6) is 2.60. The van der Waals surface area contributed by atoms with Crippen LogP contribution in [0.5, 0.6) is 5.75 Å². The van der Waals surface area contributed by atoms with Crippen LogP contribution < -0.4 is 4.74 Å². The summed E-state index contributed by atoms with van der Waals surface area (Å²) in [6.45, 7) is 3.69. The van der Waals surface area contributed by atoms with Gasteiger partial charge in [-0.3, -0.25) is 4.90 Å². The summed E-state index contributed by atoms with van der Waals surface area (Å²) in [6.07, 6.45) is 5.32. The van der Waals surface area contributed by atoms with E-state index in [1.165, 1.54) is 37.3 Å². The molecule has 144 valence electrons. The van der Waals surface area contributed by atoms with Crippen LogP contribution in [0.1, 0.15) is 37.2 Å². The number of benzene rings is 2. The van der Waals surface area contributed by atoms with Crippen molar-refractivity contribution >= 4 is 15.9 Å². The van der Waals surface area contributed by atoms with E-state index in [0.717, 1.165) is 41.9 Å². The Kier molecular flexibility index (Phi) is 6.14. The van der Waals surface area contributed by atoms with Crippen LogP contribution in [0.3, 0.4) is 0 Å². The molecule has 0 unspecified atom stereocenters. The fourth-order valence-corrected chi connectivity index (χ4v) is 4.70. The summed E-state index contributed by atoms with van der Waals surface area (Å²) in [5.41, 5.74) is 1.53. The van der Waals surface area contributed by atoms with E-state index in [1.54, 1.807) is 6.07 Å². The number of hydrogen-bond acceptors (Lipinski definition) is 2. The number of hydrogen-bond donors (Lipinski definition) is 0. The number of likely N-dealkylation sites (tertiary alicyclic amines) is 1. The first-order chi connectivity index (χ1) is 13.2. The smallest absolute Gasteiger partial charge is 0.166 e. The lowest BCUT2D eigenvalue weighted by molar-refractivity contribution is 0.147. The van der Waals surface area contributed by atoms with Crippen LogP contribution in [-0.4, -0.2) is 31.1 Å². The van der Waals surface area contributed by atoms with E-state index < -0.39 is 0 Å². The molecule has 2 aromatic rings. The molecule has 1 saturated heterocycles. The van der Waals surface area contributed by atoms with Crippen molar-refractivity contribution in [2.75, 3.05) is 26.2 Å². The summed E-state index contributed by atoms with van der Waals surface area (Å²) in [6, 6.07) is 15.9. The van der Waals surface area contributed by atoms with Crippen LogP contribution >= 0.6 is 15.9 Å². The first kappa shape index (κ1) is 18.9. The predicted molar refractivity (Wildman–Crippen MR) is 111 cm³/mol. The molecule has 2 aliphatic rings. The fourth-order valence-electron chi connectivity index (χ4n) is 4.37. The third-order valence-electron chi connectivity index (χ3n) is 6.05. The van der Waals surface area contributed by atoms with E-state index in [2.05, 4.69) is 51.2 Å². The van der Waals surface area contributed by atoms with Crippen LogP contribution in [0.25, 0.3) is 0 Å². The van der Waals surface area contributed by atoms with E-state index in [4.69, 9.17) is 4.74 Å². The quantitative estimate of drug-likeness (QED) is 0.543. The van der Waals surface area contributed by atoms with Crippen molar-refractivity contribution in [1.29, 1.82) is 0 Å². The number of rotatable bonds is 7. The zero-order chi connectivity index (χ0) is 18.6. The van der Waals surface area contributed by atoms with Gasteiger partial charge in [0.2, 0.25) is 0 Å². The first-order valence-corrected chi connectivity index (χ1v) is 10.8. The maximum Gasteiger partial charge on any atom is 0.166 e. The van der Waals surface area contributed by atoms with E-state index in [9.17, 15) is 4.39 Å². The number of piperidine rings is 1. The Hall–Kier alpha value is -1.39. The Morgan fingerprint density at radius 3 is 2.59 bits per heavy atom. The van der Waals surface area contributed by atoms with Gasteiger partial charge in [0.15, 0.2) is 11.6 Å². The Balaban J connectivity index is 1.15. The van der Waals surface area contributed by atoms with Gasteiger partial charge in [0.05, 0.1) is 0 Å². The molecule has 2 atom stereocenters. The van der Waals surface area contributed by atoms with E-state index in [1.807, 2.05) is 6.07 Å². The highest BCUT2D eigenvalue weighted by atomic mass is 79.9. The summed E-state index contributed by atoms with van der Waals surface area (Å²) < 4.78 is 20.1. The molecule has 0 bridgehead atoms. The minimum absolute atomic E-state index is 0.305. The van der Waals surface area contributed by atoms with Gasteiger partial charge in [-0.05, 0) is 80.3 Å². The zero-order valence-corrected chi connectivity index (χ0v) is 17.2. The lowest BCUT2D eigenvalue weighted by atomic mass is 9.90. The number of halogens is 2. The highest BCUT2D eigenvalue weighted by Gasteiger charge is 2.39. The monoisotopic (exact) mass is 431 g/mol. The van der Waals surface area contributed by atoms with Gasteiger partial charge in [0.25, 0.3) is 0 Å². The Morgan fingerprint density at radius 1 is 1.07 bits per heavy atom. The van der Waals surface area contributed by atoms with Crippen LogP contribution in [-0.2, 0) is 0 Å². The summed E-state index contributed by atoms with van der Waals surface area (Å²) in [5, 5.41) is 0. The standard InChI is InChI=1S/C23H27BrFNO/c24-20-6-7-23(22(25)16-20)27-13-12-26-10-8-17(9-11-26)14-19-15-21(19)18-4-2-1-3-5-18/h1-7,16-17,19,21H,8-15H2/t19-,21+/m1/s1. The maximum absolute atomic E-state index is 13.8. The Labute approximate surface area is 169 Å². The normalized spacial score (nSPS) is 23.3. The van der Waals surface area contributed by atoms with Crippen molar-refractivity contribution in [2.24, 2.45) is 11.8 Å². The van der Waals surface area contributed by atoms with Gasteiger partial charge in [-0.25, -0.2) is 4.39 Å². The fraction of sp³-hybridized carbons (Fsp3) is 0.478. The van der Waals surface area contributed by atoms with Crippen molar-refractivity contribution in [3.05, 3.63) is 64.4 Å². The topological polar surface area (TPSA) is 12.5 Å². The summed E-state index contributed by atoms with van der Waals surface area (Å²) in [4.78, 5) is 2.45. The highest BCUT2D eigenvalue weighted by Crippen LogP contribution is 2.51. The second-order valence-electron chi connectivity index (χ2n) is 7.96. The van der Waals surface area contributed by atoms with E-state index >= 15 is 0 Å². The van der Waals surface area contributed by atoms with E-state index in [0.29, 0.717) is 12.4 Å². The Morgan fingerprint density at radius 2 is 1.85 bits per heavy atom. The average Bonchev–Trinajstić information content (AvgIpc) is 3.45. The van der Waals surface area contributed by atoms with Crippen LogP contribution in [0, 0.1) is 17.7 Å². The van der Waals surface area contributed by atoms with Gasteiger partial charge in [-0.2, -0.15) is 0 Å². The number of nitrogens with zero attached hydrogens (tertiary/aromatic N) is 1. The average molecular weight is 432 g/mol. The zero-order valence-electron chi connectivity index (χ0n) is 15.6. The molecular weight excluding hydrogens is 405 g/mol. The van der Waals surface area contributed by atoms with Crippen molar-refractivity contribution in [3.63, 3.8) is 0 Å². The second-order valence-corrected chi connectivity index (χ2v) is 8.87. The molecule has 0 radical (unpaired) electrons.